The summed E-state index contributed by atoms with van der Waals surface area (Å²) in [5.41, 5.74) is 0.781. The van der Waals surface area contributed by atoms with E-state index < -0.39 is 15.9 Å². The molecule has 1 saturated heterocycles. The Balaban J connectivity index is 1.59. The topological polar surface area (TPSA) is 71.7 Å². The first kappa shape index (κ1) is 21.2. The number of rotatable bonds is 3. The highest BCUT2D eigenvalue weighted by Crippen LogP contribution is 2.25. The Morgan fingerprint density at radius 2 is 1.97 bits per heavy atom. The summed E-state index contributed by atoms with van der Waals surface area (Å²) < 4.78 is 43.1. The number of hydrogen-bond acceptors (Lipinski definition) is 4. The van der Waals surface area contributed by atoms with Crippen LogP contribution in [-0.2, 0) is 21.9 Å². The number of aromatic nitrogens is 1. The second-order valence-electron chi connectivity index (χ2n) is 7.16. The summed E-state index contributed by atoms with van der Waals surface area (Å²) in [6.45, 7) is 0.432. The molecule has 1 aromatic heterocycles. The number of carbonyl (C=O) groups excluding carboxylic acids is 1. The van der Waals surface area contributed by atoms with Gasteiger partial charge in [-0.2, -0.15) is 9.30 Å². The van der Waals surface area contributed by atoms with E-state index in [0.29, 0.717) is 33.9 Å². The number of piperidine rings is 1. The largest absolute Gasteiger partial charge is 0.319 e. The smallest absolute Gasteiger partial charge is 0.252 e. The zero-order valence-electron chi connectivity index (χ0n) is 16.1. The highest BCUT2D eigenvalue weighted by Gasteiger charge is 2.33. The molecular weight excluding hydrogens is 449 g/mol. The van der Waals surface area contributed by atoms with Crippen molar-refractivity contribution in [3.8, 4) is 0 Å². The molecule has 4 rings (SSSR count). The summed E-state index contributed by atoms with van der Waals surface area (Å²) in [5, 5.41) is 0.454. The molecule has 0 spiro atoms. The van der Waals surface area contributed by atoms with Crippen molar-refractivity contribution in [3.63, 3.8) is 0 Å². The van der Waals surface area contributed by atoms with Crippen molar-refractivity contribution in [2.45, 2.75) is 17.7 Å². The maximum Gasteiger partial charge on any atom is 0.252 e. The predicted molar refractivity (Wildman–Crippen MR) is 114 cm³/mol. The Labute approximate surface area is 182 Å². The van der Waals surface area contributed by atoms with Gasteiger partial charge >= 0.3 is 0 Å². The first-order valence-corrected chi connectivity index (χ1v) is 12.0. The van der Waals surface area contributed by atoms with E-state index in [0.717, 1.165) is 5.52 Å². The molecule has 2 heterocycles. The first-order chi connectivity index (χ1) is 14.3. The molecule has 2 aromatic carbocycles. The normalized spacial score (nSPS) is 18.8. The van der Waals surface area contributed by atoms with E-state index in [1.54, 1.807) is 17.7 Å². The summed E-state index contributed by atoms with van der Waals surface area (Å²) >= 11 is 7.08. The average molecular weight is 468 g/mol. The minimum atomic E-state index is -3.71. The molecule has 1 atom stereocenters. The van der Waals surface area contributed by atoms with Crippen LogP contribution in [0.15, 0.2) is 52.4 Å². The number of fused-ring (bicyclic) bond motifs is 1. The molecule has 10 heteroatoms. The summed E-state index contributed by atoms with van der Waals surface area (Å²) in [6.07, 6.45) is 1.14. The molecular formula is C20H19ClFN3O3S2. The average Bonchev–Trinajstić information content (AvgIpc) is 3.03. The Hall–Kier alpha value is -2.07. The highest BCUT2D eigenvalue weighted by molar-refractivity contribution is 7.89. The lowest BCUT2D eigenvalue weighted by Crippen LogP contribution is -2.42. The van der Waals surface area contributed by atoms with Crippen LogP contribution in [0.25, 0.3) is 10.2 Å². The van der Waals surface area contributed by atoms with Crippen molar-refractivity contribution in [1.29, 1.82) is 0 Å². The molecule has 6 nitrogen and oxygen atoms in total. The number of nitrogens with zero attached hydrogens (tertiary/aromatic N) is 3. The molecule has 0 N–H and O–H groups in total. The van der Waals surface area contributed by atoms with Crippen molar-refractivity contribution in [3.05, 3.63) is 58.1 Å². The van der Waals surface area contributed by atoms with Crippen molar-refractivity contribution in [1.82, 2.24) is 8.87 Å². The van der Waals surface area contributed by atoms with Crippen LogP contribution < -0.4 is 4.80 Å². The Morgan fingerprint density at radius 3 is 2.70 bits per heavy atom. The van der Waals surface area contributed by atoms with Gasteiger partial charge < -0.3 is 4.57 Å². The van der Waals surface area contributed by atoms with Gasteiger partial charge in [0.1, 0.15) is 5.82 Å². The third-order valence-electron chi connectivity index (χ3n) is 5.16. The van der Waals surface area contributed by atoms with Crippen LogP contribution in [-0.4, -0.2) is 36.3 Å². The summed E-state index contributed by atoms with van der Waals surface area (Å²) in [5.74, 6) is -1.24. The molecule has 30 heavy (non-hydrogen) atoms. The number of aryl methyl sites for hydroxylation is 1. The third-order valence-corrected chi connectivity index (χ3v) is 8.39. The van der Waals surface area contributed by atoms with E-state index in [-0.39, 0.29) is 23.2 Å². The van der Waals surface area contributed by atoms with Gasteiger partial charge in [0.25, 0.3) is 5.91 Å². The van der Waals surface area contributed by atoms with Crippen molar-refractivity contribution in [2.24, 2.45) is 18.0 Å². The number of halogens is 2. The zero-order chi connectivity index (χ0) is 21.5. The maximum absolute atomic E-state index is 13.5. The van der Waals surface area contributed by atoms with Crippen LogP contribution in [0.2, 0.25) is 5.02 Å². The van der Waals surface area contributed by atoms with Crippen molar-refractivity contribution < 1.29 is 17.6 Å². The lowest BCUT2D eigenvalue weighted by Gasteiger charge is -2.30. The molecule has 1 aliphatic rings. The van der Waals surface area contributed by atoms with E-state index in [1.165, 1.54) is 52.0 Å². The summed E-state index contributed by atoms with van der Waals surface area (Å²) in [6, 6.07) is 10.4. The number of carbonyl (C=O) groups is 1. The SMILES string of the molecule is Cn1c(=NC(=O)C2CCCN(S(=O)(=O)c3ccc(Cl)cc3)C2)sc2cc(F)ccc21. The molecule has 1 unspecified atom stereocenters. The maximum atomic E-state index is 13.5. The fourth-order valence-electron chi connectivity index (χ4n) is 3.52. The van der Waals surface area contributed by atoms with E-state index in [1.807, 2.05) is 0 Å². The number of thiazole rings is 1. The molecule has 0 radical (unpaired) electrons. The van der Waals surface area contributed by atoms with Crippen LogP contribution in [0, 0.1) is 11.7 Å². The van der Waals surface area contributed by atoms with Crippen LogP contribution >= 0.6 is 22.9 Å². The molecule has 0 bridgehead atoms. The van der Waals surface area contributed by atoms with E-state index in [4.69, 9.17) is 11.6 Å². The predicted octanol–water partition coefficient (Wildman–Crippen LogP) is 3.56. The monoisotopic (exact) mass is 467 g/mol. The molecule has 1 fully saturated rings. The quantitative estimate of drug-likeness (QED) is 0.591. The summed E-state index contributed by atoms with van der Waals surface area (Å²) in [4.78, 5) is 17.7. The molecule has 0 aliphatic carbocycles. The van der Waals surface area contributed by atoms with E-state index in [9.17, 15) is 17.6 Å². The second kappa shape index (κ2) is 8.22. The first-order valence-electron chi connectivity index (χ1n) is 9.35. The number of amides is 1. The second-order valence-corrected chi connectivity index (χ2v) is 10.5. The Kier molecular flexibility index (Phi) is 5.80. The van der Waals surface area contributed by atoms with E-state index >= 15 is 0 Å². The standard InChI is InChI=1S/C20H19ClFN3O3S2/c1-24-17-9-6-15(22)11-18(17)29-20(24)23-19(26)13-3-2-10-25(12-13)30(27,28)16-7-4-14(21)5-8-16/h4-9,11,13H,2-3,10,12H2,1H3. The number of hydrogen-bond donors (Lipinski definition) is 0. The van der Waals surface area contributed by atoms with Gasteiger partial charge in [-0.3, -0.25) is 4.79 Å². The fraction of sp³-hybridized carbons (Fsp3) is 0.300. The van der Waals surface area contributed by atoms with Gasteiger partial charge in [0.2, 0.25) is 10.0 Å². The van der Waals surface area contributed by atoms with Crippen LogP contribution in [0.5, 0.6) is 0 Å². The molecule has 158 valence electrons. The van der Waals surface area contributed by atoms with Gasteiger partial charge in [-0.05, 0) is 55.3 Å². The Bertz CT molecular complexity index is 1280. The number of benzene rings is 2. The zero-order valence-corrected chi connectivity index (χ0v) is 18.5. The van der Waals surface area contributed by atoms with Crippen molar-refractivity contribution in [2.75, 3.05) is 13.1 Å². The van der Waals surface area contributed by atoms with Gasteiger partial charge in [0, 0.05) is 25.2 Å². The lowest BCUT2D eigenvalue weighted by molar-refractivity contribution is -0.122. The molecule has 1 aliphatic heterocycles. The molecule has 1 amide bonds. The highest BCUT2D eigenvalue weighted by atomic mass is 35.5. The van der Waals surface area contributed by atoms with Gasteiger partial charge in [-0.25, -0.2) is 12.8 Å². The van der Waals surface area contributed by atoms with Crippen LogP contribution in [0.4, 0.5) is 4.39 Å². The number of sulfonamides is 1. The van der Waals surface area contributed by atoms with Crippen molar-refractivity contribution >= 4 is 49.1 Å². The Morgan fingerprint density at radius 1 is 1.23 bits per heavy atom. The van der Waals surface area contributed by atoms with Gasteiger partial charge in [-0.1, -0.05) is 22.9 Å². The minimum Gasteiger partial charge on any atom is -0.319 e. The van der Waals surface area contributed by atoms with Gasteiger partial charge in [0.15, 0.2) is 4.80 Å². The third kappa shape index (κ3) is 4.07. The van der Waals surface area contributed by atoms with Gasteiger partial charge in [0.05, 0.1) is 21.0 Å². The minimum absolute atomic E-state index is 0.0799. The van der Waals surface area contributed by atoms with Crippen LogP contribution in [0.1, 0.15) is 12.8 Å². The fourth-order valence-corrected chi connectivity index (χ4v) is 6.22. The van der Waals surface area contributed by atoms with Gasteiger partial charge in [-0.15, -0.1) is 0 Å². The molecule has 3 aromatic rings. The lowest BCUT2D eigenvalue weighted by atomic mass is 9.99. The molecule has 0 saturated carbocycles. The summed E-state index contributed by atoms with van der Waals surface area (Å²) in [7, 11) is -1.95. The van der Waals surface area contributed by atoms with E-state index in [2.05, 4.69) is 4.99 Å². The van der Waals surface area contributed by atoms with Crippen LogP contribution in [0.3, 0.4) is 0 Å².